The first-order chi connectivity index (χ1) is 9.22. The summed E-state index contributed by atoms with van der Waals surface area (Å²) in [6.07, 6.45) is 3.61. The molecule has 7 nitrogen and oxygen atoms in total. The van der Waals surface area contributed by atoms with Gasteiger partial charge in [-0.2, -0.15) is 5.10 Å². The van der Waals surface area contributed by atoms with Gasteiger partial charge in [0.2, 0.25) is 5.88 Å². The van der Waals surface area contributed by atoms with Crippen LogP contribution in [0, 0.1) is 6.92 Å². The van der Waals surface area contributed by atoms with E-state index < -0.39 is 0 Å². The maximum atomic E-state index is 12.2. The molecular weight excluding hydrogens is 246 g/mol. The fraction of sp³-hybridized carbons (Fsp3) is 0.417. The lowest BCUT2D eigenvalue weighted by molar-refractivity contribution is 0.209. The number of hydrogen-bond donors (Lipinski definition) is 2. The van der Waals surface area contributed by atoms with E-state index in [1.165, 1.54) is 0 Å². The number of rotatable bonds is 1. The van der Waals surface area contributed by atoms with Gasteiger partial charge in [0.25, 0.3) is 0 Å². The molecule has 0 aromatic carbocycles. The molecule has 100 valence electrons. The molecule has 0 fully saturated rings. The second kappa shape index (κ2) is 4.75. The van der Waals surface area contributed by atoms with Gasteiger partial charge < -0.3 is 9.42 Å². The van der Waals surface area contributed by atoms with E-state index in [1.54, 1.807) is 17.2 Å². The Morgan fingerprint density at radius 2 is 2.47 bits per heavy atom. The van der Waals surface area contributed by atoms with E-state index in [2.05, 4.69) is 20.7 Å². The Kier molecular flexibility index (Phi) is 2.94. The van der Waals surface area contributed by atoms with Crippen molar-refractivity contribution in [3.8, 4) is 0 Å². The monoisotopic (exact) mass is 261 g/mol. The van der Waals surface area contributed by atoms with E-state index in [4.69, 9.17) is 4.52 Å². The van der Waals surface area contributed by atoms with Gasteiger partial charge in [0.15, 0.2) is 0 Å². The molecule has 0 aliphatic carbocycles. The number of fused-ring (bicyclic) bond motifs is 1. The standard InChI is InChI=1S/C12H15N5O2/c1-8-5-11(19-16-8)14-12(18)17-4-2-3-10-9(7-17)6-13-15-10/h5-6H,2-4,7H2,1H3,(H,13,15)(H,14,18). The van der Waals surface area contributed by atoms with Gasteiger partial charge in [-0.1, -0.05) is 5.16 Å². The minimum absolute atomic E-state index is 0.176. The summed E-state index contributed by atoms with van der Waals surface area (Å²) in [5.74, 6) is 0.374. The number of carbonyl (C=O) groups is 1. The Hall–Kier alpha value is -2.31. The van der Waals surface area contributed by atoms with E-state index >= 15 is 0 Å². The third-order valence-electron chi connectivity index (χ3n) is 3.17. The maximum Gasteiger partial charge on any atom is 0.324 e. The normalized spacial score (nSPS) is 14.9. The summed E-state index contributed by atoms with van der Waals surface area (Å²) in [7, 11) is 0. The third-order valence-corrected chi connectivity index (χ3v) is 3.17. The Bertz CT molecular complexity index is 588. The average molecular weight is 261 g/mol. The first kappa shape index (κ1) is 11.8. The predicted molar refractivity (Wildman–Crippen MR) is 67.6 cm³/mol. The molecule has 0 unspecified atom stereocenters. The summed E-state index contributed by atoms with van der Waals surface area (Å²) in [4.78, 5) is 13.9. The van der Waals surface area contributed by atoms with Crippen LogP contribution in [0.1, 0.15) is 23.4 Å². The van der Waals surface area contributed by atoms with Crippen molar-refractivity contribution in [2.24, 2.45) is 0 Å². The number of aromatic nitrogens is 3. The van der Waals surface area contributed by atoms with Crippen molar-refractivity contribution in [3.05, 3.63) is 29.2 Å². The molecule has 0 bridgehead atoms. The number of carbonyl (C=O) groups excluding carboxylic acids is 1. The third kappa shape index (κ3) is 2.44. The number of urea groups is 1. The highest BCUT2D eigenvalue weighted by molar-refractivity contribution is 5.87. The molecule has 2 N–H and O–H groups in total. The van der Waals surface area contributed by atoms with Crippen molar-refractivity contribution in [2.45, 2.75) is 26.3 Å². The van der Waals surface area contributed by atoms with E-state index in [-0.39, 0.29) is 6.03 Å². The summed E-state index contributed by atoms with van der Waals surface area (Å²) in [6, 6.07) is 1.52. The van der Waals surface area contributed by atoms with Crippen LogP contribution in [0.5, 0.6) is 0 Å². The van der Waals surface area contributed by atoms with Crippen LogP contribution in [0.2, 0.25) is 0 Å². The molecule has 2 amide bonds. The van der Waals surface area contributed by atoms with Crippen LogP contribution < -0.4 is 5.32 Å². The van der Waals surface area contributed by atoms with Gasteiger partial charge in [-0.05, 0) is 19.8 Å². The van der Waals surface area contributed by atoms with Gasteiger partial charge in [0, 0.05) is 23.9 Å². The lowest BCUT2D eigenvalue weighted by Gasteiger charge is -2.19. The fourth-order valence-corrected chi connectivity index (χ4v) is 2.20. The number of nitrogens with one attached hydrogen (secondary N) is 2. The zero-order chi connectivity index (χ0) is 13.2. The molecular formula is C12H15N5O2. The van der Waals surface area contributed by atoms with Crippen LogP contribution in [-0.4, -0.2) is 32.8 Å². The van der Waals surface area contributed by atoms with E-state index in [9.17, 15) is 4.79 Å². The molecule has 2 aromatic heterocycles. The molecule has 1 aliphatic rings. The van der Waals surface area contributed by atoms with Crippen LogP contribution in [0.3, 0.4) is 0 Å². The molecule has 1 aliphatic heterocycles. The second-order valence-corrected chi connectivity index (χ2v) is 4.66. The lowest BCUT2D eigenvalue weighted by atomic mass is 10.2. The largest absolute Gasteiger partial charge is 0.338 e. The van der Waals surface area contributed by atoms with E-state index in [0.29, 0.717) is 19.0 Å². The molecule has 0 spiro atoms. The van der Waals surface area contributed by atoms with Crippen LogP contribution in [0.15, 0.2) is 16.8 Å². The summed E-state index contributed by atoms with van der Waals surface area (Å²) in [5, 5.41) is 13.4. The first-order valence-corrected chi connectivity index (χ1v) is 6.23. The molecule has 3 heterocycles. The summed E-state index contributed by atoms with van der Waals surface area (Å²) >= 11 is 0. The molecule has 0 saturated heterocycles. The first-order valence-electron chi connectivity index (χ1n) is 6.23. The highest BCUT2D eigenvalue weighted by Crippen LogP contribution is 2.17. The van der Waals surface area contributed by atoms with Gasteiger partial charge in [0.05, 0.1) is 18.4 Å². The van der Waals surface area contributed by atoms with E-state index in [1.807, 2.05) is 6.92 Å². The van der Waals surface area contributed by atoms with E-state index in [0.717, 1.165) is 29.8 Å². The van der Waals surface area contributed by atoms with Gasteiger partial charge in [-0.25, -0.2) is 4.79 Å². The van der Waals surface area contributed by atoms with Gasteiger partial charge >= 0.3 is 6.03 Å². The number of hydrogen-bond acceptors (Lipinski definition) is 4. The van der Waals surface area contributed by atoms with Gasteiger partial charge in [-0.3, -0.25) is 10.4 Å². The quantitative estimate of drug-likeness (QED) is 0.817. The lowest BCUT2D eigenvalue weighted by Crippen LogP contribution is -2.34. The Labute approximate surface area is 110 Å². The van der Waals surface area contributed by atoms with Gasteiger partial charge in [-0.15, -0.1) is 0 Å². The average Bonchev–Trinajstić information content (AvgIpc) is 2.93. The molecule has 0 radical (unpaired) electrons. The number of aromatic amines is 1. The number of H-pyrrole nitrogens is 1. The van der Waals surface area contributed by atoms with Crippen molar-refractivity contribution in [2.75, 3.05) is 11.9 Å². The van der Waals surface area contributed by atoms with Crippen molar-refractivity contribution < 1.29 is 9.32 Å². The molecule has 0 saturated carbocycles. The Balaban J connectivity index is 1.70. The predicted octanol–water partition coefficient (Wildman–Crippen LogP) is 1.69. The van der Waals surface area contributed by atoms with Crippen molar-refractivity contribution >= 4 is 11.9 Å². The molecule has 19 heavy (non-hydrogen) atoms. The summed E-state index contributed by atoms with van der Waals surface area (Å²) in [5.41, 5.74) is 2.93. The molecule has 3 rings (SSSR count). The topological polar surface area (TPSA) is 87.0 Å². The Morgan fingerprint density at radius 3 is 3.26 bits per heavy atom. The van der Waals surface area contributed by atoms with Gasteiger partial charge in [0.1, 0.15) is 0 Å². The minimum Gasteiger partial charge on any atom is -0.338 e. The highest BCUT2D eigenvalue weighted by atomic mass is 16.5. The van der Waals surface area contributed by atoms with Crippen molar-refractivity contribution in [3.63, 3.8) is 0 Å². The fourth-order valence-electron chi connectivity index (χ4n) is 2.20. The zero-order valence-electron chi connectivity index (χ0n) is 10.6. The smallest absolute Gasteiger partial charge is 0.324 e. The zero-order valence-corrected chi connectivity index (χ0v) is 10.6. The van der Waals surface area contributed by atoms with Crippen LogP contribution in [-0.2, 0) is 13.0 Å². The number of amides is 2. The highest BCUT2D eigenvalue weighted by Gasteiger charge is 2.20. The van der Waals surface area contributed by atoms with Crippen LogP contribution >= 0.6 is 0 Å². The number of aryl methyl sites for hydroxylation is 2. The molecule has 7 heteroatoms. The SMILES string of the molecule is Cc1cc(NC(=O)N2CCCc3[nH]ncc3C2)on1. The maximum absolute atomic E-state index is 12.2. The number of nitrogens with zero attached hydrogens (tertiary/aromatic N) is 3. The minimum atomic E-state index is -0.176. The molecule has 2 aromatic rings. The second-order valence-electron chi connectivity index (χ2n) is 4.66. The number of anilines is 1. The van der Waals surface area contributed by atoms with Crippen molar-refractivity contribution in [1.29, 1.82) is 0 Å². The van der Waals surface area contributed by atoms with Crippen LogP contribution in [0.4, 0.5) is 10.7 Å². The molecule has 0 atom stereocenters. The van der Waals surface area contributed by atoms with Crippen LogP contribution in [0.25, 0.3) is 0 Å². The summed E-state index contributed by atoms with van der Waals surface area (Å²) < 4.78 is 4.98. The Morgan fingerprint density at radius 1 is 1.58 bits per heavy atom. The van der Waals surface area contributed by atoms with Crippen molar-refractivity contribution in [1.82, 2.24) is 20.3 Å². The summed E-state index contributed by atoms with van der Waals surface area (Å²) in [6.45, 7) is 3.08.